The average molecular weight is 336 g/mol. The van der Waals surface area contributed by atoms with Crippen LogP contribution in [0.5, 0.6) is 0 Å². The Bertz CT molecular complexity index is 663. The van der Waals surface area contributed by atoms with Gasteiger partial charge in [-0.3, -0.25) is 0 Å². The van der Waals surface area contributed by atoms with Gasteiger partial charge in [-0.05, 0) is 80.0 Å². The molecule has 2 aromatic rings. The van der Waals surface area contributed by atoms with E-state index < -0.39 is 0 Å². The molecule has 0 bridgehead atoms. The standard InChI is InChI=1S/C24H33N/c1-3-4-14-24(18-20-8-10-23(25)11-9-20)15-12-21(13-16-24)22-7-5-6-19(2)17-22/h5-11,17,21H,3-4,12-16,18,25H2,1-2H3. The summed E-state index contributed by atoms with van der Waals surface area (Å²) < 4.78 is 0. The van der Waals surface area contributed by atoms with E-state index in [0.717, 1.165) is 11.6 Å². The minimum Gasteiger partial charge on any atom is -0.399 e. The van der Waals surface area contributed by atoms with Gasteiger partial charge >= 0.3 is 0 Å². The van der Waals surface area contributed by atoms with Crippen molar-refractivity contribution in [3.05, 3.63) is 65.2 Å². The van der Waals surface area contributed by atoms with E-state index in [1.807, 2.05) is 0 Å². The van der Waals surface area contributed by atoms with Crippen LogP contribution in [0, 0.1) is 12.3 Å². The number of anilines is 1. The third kappa shape index (κ3) is 4.66. The number of benzene rings is 2. The van der Waals surface area contributed by atoms with Crippen LogP contribution in [0.25, 0.3) is 0 Å². The first kappa shape index (κ1) is 18.0. The zero-order valence-electron chi connectivity index (χ0n) is 15.9. The molecule has 0 atom stereocenters. The van der Waals surface area contributed by atoms with Crippen LogP contribution in [0.15, 0.2) is 48.5 Å². The highest BCUT2D eigenvalue weighted by atomic mass is 14.5. The van der Waals surface area contributed by atoms with Gasteiger partial charge in [0, 0.05) is 5.69 Å². The summed E-state index contributed by atoms with van der Waals surface area (Å²) >= 11 is 0. The molecule has 1 saturated carbocycles. The number of aryl methyl sites for hydroxylation is 1. The zero-order chi connectivity index (χ0) is 17.7. The lowest BCUT2D eigenvalue weighted by Crippen LogP contribution is -2.29. The highest BCUT2D eigenvalue weighted by molar-refractivity contribution is 5.39. The number of unbranched alkanes of at least 4 members (excludes halogenated alkanes) is 1. The van der Waals surface area contributed by atoms with Crippen LogP contribution < -0.4 is 5.73 Å². The van der Waals surface area contributed by atoms with Gasteiger partial charge in [0.15, 0.2) is 0 Å². The first-order valence-corrected chi connectivity index (χ1v) is 10.0. The fourth-order valence-corrected chi connectivity index (χ4v) is 4.62. The molecule has 1 fully saturated rings. The molecule has 0 saturated heterocycles. The molecule has 0 spiro atoms. The van der Waals surface area contributed by atoms with Crippen molar-refractivity contribution in [2.24, 2.45) is 5.41 Å². The maximum absolute atomic E-state index is 5.87. The molecule has 1 nitrogen and oxygen atoms in total. The van der Waals surface area contributed by atoms with Crippen LogP contribution in [-0.2, 0) is 6.42 Å². The van der Waals surface area contributed by atoms with Gasteiger partial charge in [0.25, 0.3) is 0 Å². The van der Waals surface area contributed by atoms with Crippen molar-refractivity contribution in [1.82, 2.24) is 0 Å². The summed E-state index contributed by atoms with van der Waals surface area (Å²) in [6.07, 6.45) is 10.6. The minimum atomic E-state index is 0.493. The van der Waals surface area contributed by atoms with Gasteiger partial charge in [0.1, 0.15) is 0 Å². The second-order valence-electron chi connectivity index (χ2n) is 8.21. The van der Waals surface area contributed by atoms with Crippen LogP contribution >= 0.6 is 0 Å². The molecule has 3 rings (SSSR count). The molecule has 2 aromatic carbocycles. The predicted molar refractivity (Wildman–Crippen MR) is 109 cm³/mol. The van der Waals surface area contributed by atoms with Crippen molar-refractivity contribution < 1.29 is 0 Å². The third-order valence-electron chi connectivity index (χ3n) is 6.18. The average Bonchev–Trinajstić information content (AvgIpc) is 2.63. The molecule has 134 valence electrons. The Morgan fingerprint density at radius 1 is 1.04 bits per heavy atom. The summed E-state index contributed by atoms with van der Waals surface area (Å²) in [7, 11) is 0. The van der Waals surface area contributed by atoms with Crippen molar-refractivity contribution in [1.29, 1.82) is 0 Å². The second-order valence-corrected chi connectivity index (χ2v) is 8.21. The highest BCUT2D eigenvalue weighted by Gasteiger charge is 2.35. The molecule has 0 aliphatic heterocycles. The van der Waals surface area contributed by atoms with Crippen LogP contribution in [0.2, 0.25) is 0 Å². The van der Waals surface area contributed by atoms with Gasteiger partial charge in [0.05, 0.1) is 0 Å². The topological polar surface area (TPSA) is 26.0 Å². The number of hydrogen-bond donors (Lipinski definition) is 1. The quantitative estimate of drug-likeness (QED) is 0.587. The van der Waals surface area contributed by atoms with Crippen molar-refractivity contribution in [3.63, 3.8) is 0 Å². The number of nitrogens with two attached hydrogens (primary N) is 1. The number of hydrogen-bond acceptors (Lipinski definition) is 1. The minimum absolute atomic E-state index is 0.493. The summed E-state index contributed by atoms with van der Waals surface area (Å²) in [6, 6.07) is 17.7. The Morgan fingerprint density at radius 2 is 1.76 bits per heavy atom. The van der Waals surface area contributed by atoms with E-state index in [2.05, 4.69) is 62.4 Å². The van der Waals surface area contributed by atoms with Crippen molar-refractivity contribution in [2.75, 3.05) is 5.73 Å². The summed E-state index contributed by atoms with van der Waals surface area (Å²) in [4.78, 5) is 0. The zero-order valence-corrected chi connectivity index (χ0v) is 15.9. The van der Waals surface area contributed by atoms with E-state index in [9.17, 15) is 0 Å². The lowest BCUT2D eigenvalue weighted by Gasteiger charge is -2.41. The van der Waals surface area contributed by atoms with Crippen molar-refractivity contribution >= 4 is 5.69 Å². The van der Waals surface area contributed by atoms with Gasteiger partial charge in [0.2, 0.25) is 0 Å². The largest absolute Gasteiger partial charge is 0.399 e. The normalized spacial score (nSPS) is 23.5. The summed E-state index contributed by atoms with van der Waals surface area (Å²) in [5, 5.41) is 0. The number of rotatable bonds is 6. The first-order chi connectivity index (χ1) is 12.1. The van der Waals surface area contributed by atoms with Gasteiger partial charge < -0.3 is 5.73 Å². The van der Waals surface area contributed by atoms with Crippen LogP contribution in [-0.4, -0.2) is 0 Å². The van der Waals surface area contributed by atoms with E-state index in [1.165, 1.54) is 62.5 Å². The molecule has 0 aromatic heterocycles. The molecular formula is C24H33N. The molecule has 1 aliphatic rings. The molecule has 0 amide bonds. The van der Waals surface area contributed by atoms with Gasteiger partial charge in [-0.1, -0.05) is 61.7 Å². The molecule has 1 aliphatic carbocycles. The first-order valence-electron chi connectivity index (χ1n) is 10.0. The number of nitrogen functional groups attached to an aromatic ring is 1. The lowest BCUT2D eigenvalue weighted by atomic mass is 9.64. The molecule has 0 heterocycles. The highest BCUT2D eigenvalue weighted by Crippen LogP contribution is 2.48. The maximum atomic E-state index is 5.87. The van der Waals surface area contributed by atoms with Crippen LogP contribution in [0.3, 0.4) is 0 Å². The second kappa shape index (κ2) is 8.08. The van der Waals surface area contributed by atoms with E-state index in [0.29, 0.717) is 5.41 Å². The van der Waals surface area contributed by atoms with Crippen molar-refractivity contribution in [2.45, 2.75) is 71.1 Å². The molecular weight excluding hydrogens is 302 g/mol. The fraction of sp³-hybridized carbons (Fsp3) is 0.500. The Balaban J connectivity index is 1.71. The monoisotopic (exact) mass is 335 g/mol. The molecule has 2 N–H and O–H groups in total. The van der Waals surface area contributed by atoms with Gasteiger partial charge in [-0.25, -0.2) is 0 Å². The van der Waals surface area contributed by atoms with E-state index in [1.54, 1.807) is 5.56 Å². The molecule has 0 radical (unpaired) electrons. The van der Waals surface area contributed by atoms with E-state index in [4.69, 9.17) is 5.73 Å². The Labute approximate surface area is 153 Å². The van der Waals surface area contributed by atoms with Crippen LogP contribution in [0.4, 0.5) is 5.69 Å². The SMILES string of the molecule is CCCCC1(Cc2ccc(N)cc2)CCC(c2cccc(C)c2)CC1. The summed E-state index contributed by atoms with van der Waals surface area (Å²) in [5.41, 5.74) is 11.6. The Hall–Kier alpha value is -1.76. The predicted octanol–water partition coefficient (Wildman–Crippen LogP) is 6.65. The van der Waals surface area contributed by atoms with Crippen molar-refractivity contribution in [3.8, 4) is 0 Å². The maximum Gasteiger partial charge on any atom is 0.0314 e. The van der Waals surface area contributed by atoms with Crippen LogP contribution in [0.1, 0.15) is 74.5 Å². The van der Waals surface area contributed by atoms with Gasteiger partial charge in [-0.15, -0.1) is 0 Å². The Morgan fingerprint density at radius 3 is 2.40 bits per heavy atom. The molecule has 25 heavy (non-hydrogen) atoms. The van der Waals surface area contributed by atoms with Gasteiger partial charge in [-0.2, -0.15) is 0 Å². The molecule has 1 heteroatoms. The summed E-state index contributed by atoms with van der Waals surface area (Å²) in [5.74, 6) is 0.751. The summed E-state index contributed by atoms with van der Waals surface area (Å²) in [6.45, 7) is 4.52. The van der Waals surface area contributed by atoms with E-state index in [-0.39, 0.29) is 0 Å². The van der Waals surface area contributed by atoms with E-state index >= 15 is 0 Å². The fourth-order valence-electron chi connectivity index (χ4n) is 4.62. The lowest BCUT2D eigenvalue weighted by molar-refractivity contribution is 0.153. The molecule has 0 unspecified atom stereocenters. The third-order valence-corrected chi connectivity index (χ3v) is 6.18. The Kier molecular flexibility index (Phi) is 5.83. The smallest absolute Gasteiger partial charge is 0.0314 e.